The lowest BCUT2D eigenvalue weighted by atomic mass is 9.44. The first-order chi connectivity index (χ1) is 29.8. The normalized spacial score (nSPS) is 40.8. The molecule has 0 aromatic carbocycles. The summed E-state index contributed by atoms with van der Waals surface area (Å²) in [6.07, 6.45) is 66.9. The second-order valence-corrected chi connectivity index (χ2v) is 24.7. The van der Waals surface area contributed by atoms with Crippen LogP contribution in [0.3, 0.4) is 0 Å². The number of rotatable bonds is 10. The van der Waals surface area contributed by atoms with Gasteiger partial charge in [0.15, 0.2) is 0 Å². The largest absolute Gasteiger partial charge is 0.294 e. The lowest BCUT2D eigenvalue weighted by Gasteiger charge is -2.63. The minimum Gasteiger partial charge on any atom is -0.294 e. The van der Waals surface area contributed by atoms with E-state index in [-0.39, 0.29) is 0 Å². The quantitative estimate of drug-likeness (QED) is 0.203. The lowest BCUT2D eigenvalue weighted by molar-refractivity contribution is -0.142. The molecule has 0 bridgehead atoms. The summed E-state index contributed by atoms with van der Waals surface area (Å²) >= 11 is 0. The summed E-state index contributed by atoms with van der Waals surface area (Å²) in [5, 5.41) is 0. The van der Waals surface area contributed by atoms with Gasteiger partial charge in [-0.2, -0.15) is 0 Å². The Morgan fingerprint density at radius 3 is 0.933 bits per heavy atom. The Labute approximate surface area is 372 Å². The Morgan fingerprint density at radius 2 is 0.550 bits per heavy atom. The molecule has 0 heterocycles. The molecule has 10 aliphatic carbocycles. The Hall–Kier alpha value is -0.340. The van der Waals surface area contributed by atoms with Crippen LogP contribution in [0, 0.1) is 59.2 Å². The molecule has 10 aliphatic rings. The van der Waals surface area contributed by atoms with Crippen molar-refractivity contribution < 1.29 is 0 Å². The molecular formula is C58H98N2. The van der Waals surface area contributed by atoms with Crippen LogP contribution in [0.25, 0.3) is 0 Å². The third kappa shape index (κ3) is 9.91. The summed E-state index contributed by atoms with van der Waals surface area (Å²) in [4.78, 5) is 6.75. The molecule has 340 valence electrons. The fourth-order valence-corrected chi connectivity index (χ4v) is 19.0. The molecule has 8 atom stereocenters. The van der Waals surface area contributed by atoms with Crippen molar-refractivity contribution in [2.75, 3.05) is 0 Å². The van der Waals surface area contributed by atoms with E-state index in [4.69, 9.17) is 0 Å². The molecule has 60 heavy (non-hydrogen) atoms. The highest BCUT2D eigenvalue weighted by Crippen LogP contribution is 2.63. The molecule has 0 aromatic rings. The van der Waals surface area contributed by atoms with Crippen molar-refractivity contribution >= 4 is 0 Å². The Morgan fingerprint density at radius 1 is 0.233 bits per heavy atom. The molecule has 0 radical (unpaired) electrons. The number of fused-ring (bicyclic) bond motifs is 2. The van der Waals surface area contributed by atoms with E-state index in [1.54, 1.807) is 77.0 Å². The van der Waals surface area contributed by atoms with Gasteiger partial charge in [-0.05, 0) is 188 Å². The molecule has 2 heteroatoms. The molecule has 10 saturated carbocycles. The highest BCUT2D eigenvalue weighted by Gasteiger charge is 2.58. The van der Waals surface area contributed by atoms with Gasteiger partial charge in [-0.3, -0.25) is 9.80 Å². The minimum absolute atomic E-state index is 0.885. The average Bonchev–Trinajstić information content (AvgIpc) is 3.32. The highest BCUT2D eigenvalue weighted by molar-refractivity contribution is 5.09. The van der Waals surface area contributed by atoms with E-state index < -0.39 is 0 Å². The van der Waals surface area contributed by atoms with Gasteiger partial charge in [0, 0.05) is 36.3 Å². The van der Waals surface area contributed by atoms with Gasteiger partial charge < -0.3 is 0 Å². The van der Waals surface area contributed by atoms with Gasteiger partial charge in [0.25, 0.3) is 0 Å². The smallest absolute Gasteiger partial charge is 0.0104 e. The molecular weight excluding hydrogens is 725 g/mol. The summed E-state index contributed by atoms with van der Waals surface area (Å²) in [6.45, 7) is 0. The van der Waals surface area contributed by atoms with E-state index in [1.165, 1.54) is 180 Å². The van der Waals surface area contributed by atoms with Crippen molar-refractivity contribution in [2.45, 2.75) is 293 Å². The molecule has 0 aromatic heterocycles. The van der Waals surface area contributed by atoms with E-state index in [2.05, 4.69) is 22.0 Å². The maximum Gasteiger partial charge on any atom is 0.0104 e. The van der Waals surface area contributed by atoms with E-state index in [9.17, 15) is 0 Å². The standard InChI is InChI=1S/C58H98N2/c1-7-19-43(20-8-1)31-32-44-33-35-46(36-34-44)58-54-40-38-51(59(47-23-11-3-12-24-47)48-25-13-4-14-26-48)41-55(54)57(45-21-9-2-10-22-45)53-39-37-52(42-56(53)58)60(49-27-15-5-16-28-49)50-29-17-6-18-30-50/h31-32,43-58H,1-30,33-42H2. The summed E-state index contributed by atoms with van der Waals surface area (Å²) in [7, 11) is 0. The maximum absolute atomic E-state index is 3.38. The van der Waals surface area contributed by atoms with E-state index in [1.807, 2.05) is 0 Å². The van der Waals surface area contributed by atoms with Gasteiger partial charge in [0.2, 0.25) is 0 Å². The van der Waals surface area contributed by atoms with E-state index >= 15 is 0 Å². The molecule has 0 saturated heterocycles. The second-order valence-electron chi connectivity index (χ2n) is 24.7. The molecule has 10 rings (SSSR count). The average molecular weight is 823 g/mol. The van der Waals surface area contributed by atoms with Crippen LogP contribution < -0.4 is 0 Å². The molecule has 0 N–H and O–H groups in total. The van der Waals surface area contributed by atoms with Crippen LogP contribution in [0.2, 0.25) is 0 Å². The van der Waals surface area contributed by atoms with Gasteiger partial charge in [-0.15, -0.1) is 0 Å². The Balaban J connectivity index is 0.958. The summed E-state index contributed by atoms with van der Waals surface area (Å²) in [5.74, 6) is 10.2. The maximum atomic E-state index is 3.38. The third-order valence-corrected chi connectivity index (χ3v) is 21.5. The molecule has 8 unspecified atom stereocenters. The summed E-state index contributed by atoms with van der Waals surface area (Å²) in [5.41, 5.74) is 0. The van der Waals surface area contributed by atoms with Crippen LogP contribution >= 0.6 is 0 Å². The zero-order valence-corrected chi connectivity index (χ0v) is 39.6. The van der Waals surface area contributed by atoms with Gasteiger partial charge in [-0.25, -0.2) is 0 Å². The monoisotopic (exact) mass is 823 g/mol. The van der Waals surface area contributed by atoms with E-state index in [0.717, 1.165) is 95.4 Å². The number of allylic oxidation sites excluding steroid dienone is 2. The van der Waals surface area contributed by atoms with Gasteiger partial charge in [-0.1, -0.05) is 141 Å². The molecule has 0 amide bonds. The third-order valence-electron chi connectivity index (χ3n) is 21.5. The van der Waals surface area contributed by atoms with Crippen molar-refractivity contribution in [3.8, 4) is 0 Å². The molecule has 10 fully saturated rings. The van der Waals surface area contributed by atoms with Crippen molar-refractivity contribution in [2.24, 2.45) is 59.2 Å². The number of nitrogens with zero attached hydrogens (tertiary/aromatic N) is 2. The molecule has 2 nitrogen and oxygen atoms in total. The predicted octanol–water partition coefficient (Wildman–Crippen LogP) is 16.3. The minimum atomic E-state index is 0.885. The first-order valence-corrected chi connectivity index (χ1v) is 29.0. The van der Waals surface area contributed by atoms with Crippen LogP contribution in [0.1, 0.15) is 257 Å². The predicted molar refractivity (Wildman–Crippen MR) is 255 cm³/mol. The van der Waals surface area contributed by atoms with Gasteiger partial charge >= 0.3 is 0 Å². The lowest BCUT2D eigenvalue weighted by Crippen LogP contribution is -2.61. The van der Waals surface area contributed by atoms with Crippen molar-refractivity contribution in [3.63, 3.8) is 0 Å². The highest BCUT2D eigenvalue weighted by atomic mass is 15.2. The SMILES string of the molecule is C(=CC1CCC(C2C3CCC(N(C4CCCCC4)C4CCCCC4)CC3C(C3CCCCC3)C3CCC(N(C4CCCCC4)C4CCCCC4)CC32)CC1)C1CCCCC1. The van der Waals surface area contributed by atoms with E-state index in [0.29, 0.717) is 0 Å². The van der Waals surface area contributed by atoms with Crippen LogP contribution in [0.5, 0.6) is 0 Å². The summed E-state index contributed by atoms with van der Waals surface area (Å²) < 4.78 is 0. The summed E-state index contributed by atoms with van der Waals surface area (Å²) in [6, 6.07) is 5.48. The van der Waals surface area contributed by atoms with Crippen LogP contribution in [0.15, 0.2) is 12.2 Å². The van der Waals surface area contributed by atoms with Gasteiger partial charge in [0.1, 0.15) is 0 Å². The Bertz CT molecular complexity index is 1240. The first-order valence-electron chi connectivity index (χ1n) is 29.0. The fourth-order valence-electron chi connectivity index (χ4n) is 19.0. The fraction of sp³-hybridized carbons (Fsp3) is 0.966. The Kier molecular flexibility index (Phi) is 15.5. The van der Waals surface area contributed by atoms with Crippen LogP contribution in [-0.4, -0.2) is 46.1 Å². The zero-order chi connectivity index (χ0) is 40.1. The number of hydrogen-bond acceptors (Lipinski definition) is 2. The van der Waals surface area contributed by atoms with Gasteiger partial charge in [0.05, 0.1) is 0 Å². The van der Waals surface area contributed by atoms with Crippen molar-refractivity contribution in [1.82, 2.24) is 9.80 Å². The second kappa shape index (κ2) is 21.3. The zero-order valence-electron chi connectivity index (χ0n) is 39.6. The number of hydrogen-bond donors (Lipinski definition) is 0. The van der Waals surface area contributed by atoms with Crippen molar-refractivity contribution in [1.29, 1.82) is 0 Å². The van der Waals surface area contributed by atoms with Crippen molar-refractivity contribution in [3.05, 3.63) is 12.2 Å². The first kappa shape index (κ1) is 43.5. The van der Waals surface area contributed by atoms with Crippen LogP contribution in [0.4, 0.5) is 0 Å². The topological polar surface area (TPSA) is 6.48 Å². The van der Waals surface area contributed by atoms with Crippen LogP contribution in [-0.2, 0) is 0 Å². The molecule has 0 aliphatic heterocycles. The molecule has 0 spiro atoms.